The normalized spacial score (nSPS) is 27.3. The number of hydrogen-bond acceptors (Lipinski definition) is 3. The monoisotopic (exact) mass is 264 g/mol. The van der Waals surface area contributed by atoms with Crippen molar-refractivity contribution >= 4 is 0 Å². The van der Waals surface area contributed by atoms with E-state index >= 15 is 0 Å². The second-order valence-electron chi connectivity index (χ2n) is 5.55. The number of rotatable bonds is 3. The lowest BCUT2D eigenvalue weighted by Gasteiger charge is -2.41. The van der Waals surface area contributed by atoms with Crippen LogP contribution in [0.15, 0.2) is 12.1 Å². The van der Waals surface area contributed by atoms with Crippen LogP contribution in [-0.2, 0) is 10.3 Å². The molecule has 1 aliphatic rings. The van der Waals surface area contributed by atoms with E-state index in [-0.39, 0.29) is 6.10 Å². The van der Waals surface area contributed by atoms with Crippen LogP contribution in [0.4, 0.5) is 0 Å². The van der Waals surface area contributed by atoms with Crippen molar-refractivity contribution in [3.63, 3.8) is 0 Å². The lowest BCUT2D eigenvalue weighted by Crippen LogP contribution is -2.44. The molecule has 3 heteroatoms. The van der Waals surface area contributed by atoms with Crippen molar-refractivity contribution < 1.29 is 14.6 Å². The van der Waals surface area contributed by atoms with Gasteiger partial charge >= 0.3 is 0 Å². The van der Waals surface area contributed by atoms with Crippen molar-refractivity contribution in [1.29, 1.82) is 0 Å². The molecule has 0 aliphatic heterocycles. The summed E-state index contributed by atoms with van der Waals surface area (Å²) in [6.07, 6.45) is 3.59. The molecule has 106 valence electrons. The quantitative estimate of drug-likeness (QED) is 0.911. The minimum Gasteiger partial charge on any atom is -0.496 e. The molecule has 2 atom stereocenters. The van der Waals surface area contributed by atoms with Crippen LogP contribution >= 0.6 is 0 Å². The molecule has 1 aromatic carbocycles. The summed E-state index contributed by atoms with van der Waals surface area (Å²) in [5, 5.41) is 11.2. The summed E-state index contributed by atoms with van der Waals surface area (Å²) in [7, 11) is 3.34. The van der Waals surface area contributed by atoms with Crippen LogP contribution in [0, 0.1) is 13.8 Å². The average Bonchev–Trinajstić information content (AvgIpc) is 2.37. The molecule has 0 heterocycles. The fourth-order valence-corrected chi connectivity index (χ4v) is 3.37. The maximum atomic E-state index is 11.2. The van der Waals surface area contributed by atoms with Crippen LogP contribution in [0.5, 0.6) is 5.75 Å². The minimum absolute atomic E-state index is 0.156. The molecule has 3 nitrogen and oxygen atoms in total. The second kappa shape index (κ2) is 5.51. The summed E-state index contributed by atoms with van der Waals surface area (Å²) < 4.78 is 11.0. The van der Waals surface area contributed by atoms with E-state index < -0.39 is 5.60 Å². The highest BCUT2D eigenvalue weighted by molar-refractivity contribution is 5.47. The van der Waals surface area contributed by atoms with Gasteiger partial charge in [-0.2, -0.15) is 0 Å². The van der Waals surface area contributed by atoms with Gasteiger partial charge in [-0.05, 0) is 43.9 Å². The first-order valence-corrected chi connectivity index (χ1v) is 6.94. The Morgan fingerprint density at radius 1 is 1.21 bits per heavy atom. The van der Waals surface area contributed by atoms with Crippen molar-refractivity contribution in [3.05, 3.63) is 28.8 Å². The predicted octanol–water partition coefficient (Wildman–Crippen LogP) is 3.09. The lowest BCUT2D eigenvalue weighted by atomic mass is 9.75. The molecule has 1 aromatic rings. The minimum atomic E-state index is -0.934. The van der Waals surface area contributed by atoms with E-state index in [9.17, 15) is 5.11 Å². The molecule has 0 amide bonds. The van der Waals surface area contributed by atoms with E-state index in [0.29, 0.717) is 0 Å². The van der Waals surface area contributed by atoms with Gasteiger partial charge in [0.05, 0.1) is 13.2 Å². The van der Waals surface area contributed by atoms with Crippen molar-refractivity contribution in [3.8, 4) is 5.75 Å². The SMILES string of the molecule is COc1cc(C)cc(C)c1C1(O)CCCCC1OC. The maximum Gasteiger partial charge on any atom is 0.125 e. The third-order valence-electron chi connectivity index (χ3n) is 4.19. The van der Waals surface area contributed by atoms with Gasteiger partial charge in [0.15, 0.2) is 0 Å². The summed E-state index contributed by atoms with van der Waals surface area (Å²) in [6.45, 7) is 4.07. The average molecular weight is 264 g/mol. The highest BCUT2D eigenvalue weighted by Gasteiger charge is 2.43. The maximum absolute atomic E-state index is 11.2. The van der Waals surface area contributed by atoms with Gasteiger partial charge in [0.2, 0.25) is 0 Å². The van der Waals surface area contributed by atoms with Gasteiger partial charge in [-0.1, -0.05) is 18.9 Å². The molecular weight excluding hydrogens is 240 g/mol. The fourth-order valence-electron chi connectivity index (χ4n) is 3.37. The van der Waals surface area contributed by atoms with Crippen LogP contribution < -0.4 is 4.74 Å². The fraction of sp³-hybridized carbons (Fsp3) is 0.625. The Kier molecular flexibility index (Phi) is 4.16. The second-order valence-corrected chi connectivity index (χ2v) is 5.55. The van der Waals surface area contributed by atoms with Crippen LogP contribution in [0.3, 0.4) is 0 Å². The molecule has 1 N–H and O–H groups in total. The van der Waals surface area contributed by atoms with E-state index in [1.165, 1.54) is 0 Å². The van der Waals surface area contributed by atoms with Gasteiger partial charge in [0, 0.05) is 12.7 Å². The Labute approximate surface area is 115 Å². The molecule has 0 aromatic heterocycles. The Morgan fingerprint density at radius 2 is 1.95 bits per heavy atom. The van der Waals surface area contributed by atoms with E-state index in [1.807, 2.05) is 19.9 Å². The van der Waals surface area contributed by atoms with E-state index in [1.54, 1.807) is 14.2 Å². The number of hydrogen-bond donors (Lipinski definition) is 1. The molecule has 1 saturated carbocycles. The third kappa shape index (κ3) is 2.49. The zero-order valence-electron chi connectivity index (χ0n) is 12.3. The van der Waals surface area contributed by atoms with Crippen molar-refractivity contribution in [2.75, 3.05) is 14.2 Å². The standard InChI is InChI=1S/C16H24O3/c1-11-9-12(2)15(13(10-11)18-3)16(17)8-6-5-7-14(16)19-4/h9-10,14,17H,5-8H2,1-4H3. The molecule has 0 spiro atoms. The van der Waals surface area contributed by atoms with Crippen LogP contribution in [0.2, 0.25) is 0 Å². The van der Waals surface area contributed by atoms with Crippen LogP contribution in [-0.4, -0.2) is 25.4 Å². The molecule has 2 rings (SSSR count). The molecular formula is C16H24O3. The molecule has 0 radical (unpaired) electrons. The van der Waals surface area contributed by atoms with Crippen molar-refractivity contribution in [2.45, 2.75) is 51.2 Å². The first-order valence-electron chi connectivity index (χ1n) is 6.94. The number of aryl methyl sites for hydroxylation is 2. The number of methoxy groups -OCH3 is 2. The largest absolute Gasteiger partial charge is 0.496 e. The summed E-state index contributed by atoms with van der Waals surface area (Å²) in [5.74, 6) is 0.768. The zero-order valence-corrected chi connectivity index (χ0v) is 12.3. The zero-order chi connectivity index (χ0) is 14.0. The van der Waals surface area contributed by atoms with Crippen molar-refractivity contribution in [1.82, 2.24) is 0 Å². The van der Waals surface area contributed by atoms with Crippen LogP contribution in [0.1, 0.15) is 42.4 Å². The van der Waals surface area contributed by atoms with Gasteiger partial charge in [-0.3, -0.25) is 0 Å². The number of aliphatic hydroxyl groups is 1. The molecule has 0 saturated heterocycles. The molecule has 19 heavy (non-hydrogen) atoms. The number of benzene rings is 1. The van der Waals surface area contributed by atoms with Gasteiger partial charge in [0.1, 0.15) is 11.4 Å². The Bertz CT molecular complexity index is 456. The van der Waals surface area contributed by atoms with Gasteiger partial charge in [0.25, 0.3) is 0 Å². The number of ether oxygens (including phenoxy) is 2. The van der Waals surface area contributed by atoms with Crippen LogP contribution in [0.25, 0.3) is 0 Å². The van der Waals surface area contributed by atoms with Gasteiger partial charge in [-0.15, -0.1) is 0 Å². The summed E-state index contributed by atoms with van der Waals surface area (Å²) in [6, 6.07) is 4.08. The predicted molar refractivity (Wildman–Crippen MR) is 75.6 cm³/mol. The molecule has 1 fully saturated rings. The van der Waals surface area contributed by atoms with E-state index in [4.69, 9.17) is 9.47 Å². The first kappa shape index (κ1) is 14.4. The Balaban J connectivity index is 2.55. The molecule has 2 unspecified atom stereocenters. The van der Waals surface area contributed by atoms with Crippen molar-refractivity contribution in [2.24, 2.45) is 0 Å². The summed E-state index contributed by atoms with van der Waals surface area (Å²) >= 11 is 0. The van der Waals surface area contributed by atoms with E-state index in [0.717, 1.165) is 48.1 Å². The topological polar surface area (TPSA) is 38.7 Å². The summed E-state index contributed by atoms with van der Waals surface area (Å²) in [5.41, 5.74) is 2.18. The first-order chi connectivity index (χ1) is 9.02. The summed E-state index contributed by atoms with van der Waals surface area (Å²) in [4.78, 5) is 0. The van der Waals surface area contributed by atoms with E-state index in [2.05, 4.69) is 6.07 Å². The van der Waals surface area contributed by atoms with Gasteiger partial charge < -0.3 is 14.6 Å². The highest BCUT2D eigenvalue weighted by Crippen LogP contribution is 2.44. The third-order valence-corrected chi connectivity index (χ3v) is 4.19. The van der Waals surface area contributed by atoms with Gasteiger partial charge in [-0.25, -0.2) is 0 Å². The molecule has 0 bridgehead atoms. The smallest absolute Gasteiger partial charge is 0.125 e. The Morgan fingerprint density at radius 3 is 2.58 bits per heavy atom. The molecule has 1 aliphatic carbocycles. The lowest BCUT2D eigenvalue weighted by molar-refractivity contribution is -0.123. The highest BCUT2D eigenvalue weighted by atomic mass is 16.5. The Hall–Kier alpha value is -1.06.